The molecule has 0 saturated heterocycles. The Morgan fingerprint density at radius 1 is 1.03 bits per heavy atom. The molecule has 0 spiro atoms. The van der Waals surface area contributed by atoms with Gasteiger partial charge in [-0.2, -0.15) is 5.10 Å². The highest BCUT2D eigenvalue weighted by Crippen LogP contribution is 2.35. The number of aromatic nitrogens is 2. The van der Waals surface area contributed by atoms with E-state index in [1.165, 1.54) is 19.3 Å². The maximum atomic E-state index is 14.0. The molecule has 2 aliphatic rings. The number of hydrogen-bond donors (Lipinski definition) is 1. The third-order valence-electron chi connectivity index (χ3n) is 7.60. The van der Waals surface area contributed by atoms with Gasteiger partial charge >= 0.3 is 0 Å². The standard InChI is InChI=1S/C28H40N4O2/c1-19-14-15-22(16-20(19)2)32-25(33)23-17-24(27(3,4)5)30-31(23)18-28(32,6)26(34)29-21-12-10-8-7-9-11-13-21/h14-17,21H,7-13,18H2,1-6H3,(H,29,34)/t28-/m0/s1. The highest BCUT2D eigenvalue weighted by atomic mass is 16.2. The predicted molar refractivity (Wildman–Crippen MR) is 136 cm³/mol. The van der Waals surface area contributed by atoms with Gasteiger partial charge in [-0.05, 0) is 62.9 Å². The summed E-state index contributed by atoms with van der Waals surface area (Å²) in [6.45, 7) is 12.6. The van der Waals surface area contributed by atoms with Gasteiger partial charge in [0.1, 0.15) is 11.2 Å². The normalized spacial score (nSPS) is 22.2. The minimum absolute atomic E-state index is 0.0943. The number of benzene rings is 1. The Balaban J connectivity index is 1.74. The first-order valence-electron chi connectivity index (χ1n) is 12.8. The van der Waals surface area contributed by atoms with Crippen molar-refractivity contribution < 1.29 is 9.59 Å². The first kappa shape index (κ1) is 24.5. The lowest BCUT2D eigenvalue weighted by molar-refractivity contribution is -0.127. The highest BCUT2D eigenvalue weighted by molar-refractivity contribution is 6.12. The molecule has 1 aromatic carbocycles. The fourth-order valence-corrected chi connectivity index (χ4v) is 5.16. The molecule has 2 heterocycles. The maximum Gasteiger partial charge on any atom is 0.277 e. The van der Waals surface area contributed by atoms with Crippen LogP contribution in [-0.2, 0) is 16.8 Å². The Kier molecular flexibility index (Phi) is 6.63. The second-order valence-corrected chi connectivity index (χ2v) is 11.5. The summed E-state index contributed by atoms with van der Waals surface area (Å²) in [5.41, 5.74) is 3.16. The van der Waals surface area contributed by atoms with E-state index in [1.54, 1.807) is 9.58 Å². The second-order valence-electron chi connectivity index (χ2n) is 11.5. The molecule has 4 rings (SSSR count). The minimum Gasteiger partial charge on any atom is -0.351 e. The van der Waals surface area contributed by atoms with Crippen LogP contribution < -0.4 is 10.2 Å². The number of amides is 2. The Morgan fingerprint density at radius 3 is 2.29 bits per heavy atom. The van der Waals surface area contributed by atoms with Crippen LogP contribution in [0.2, 0.25) is 0 Å². The van der Waals surface area contributed by atoms with Crippen LogP contribution >= 0.6 is 0 Å². The molecule has 1 aliphatic heterocycles. The van der Waals surface area contributed by atoms with Crippen molar-refractivity contribution in [2.24, 2.45) is 0 Å². The molecule has 2 aromatic rings. The van der Waals surface area contributed by atoms with E-state index < -0.39 is 5.54 Å². The lowest BCUT2D eigenvalue weighted by atomic mass is 9.90. The van der Waals surface area contributed by atoms with E-state index in [2.05, 4.69) is 33.0 Å². The Bertz CT molecular complexity index is 1070. The summed E-state index contributed by atoms with van der Waals surface area (Å²) in [5.74, 6) is -0.268. The van der Waals surface area contributed by atoms with Crippen molar-refractivity contribution >= 4 is 17.5 Å². The lowest BCUT2D eigenvalue weighted by Crippen LogP contribution is -2.65. The molecule has 184 valence electrons. The van der Waals surface area contributed by atoms with Crippen LogP contribution in [0.25, 0.3) is 0 Å². The first-order chi connectivity index (χ1) is 16.0. The van der Waals surface area contributed by atoms with Gasteiger partial charge in [0, 0.05) is 17.1 Å². The van der Waals surface area contributed by atoms with E-state index >= 15 is 0 Å². The third-order valence-corrected chi connectivity index (χ3v) is 7.60. The summed E-state index contributed by atoms with van der Waals surface area (Å²) in [6, 6.07) is 8.05. The number of nitrogens with one attached hydrogen (secondary N) is 1. The monoisotopic (exact) mass is 464 g/mol. The van der Waals surface area contributed by atoms with Crippen LogP contribution in [0.1, 0.15) is 99.9 Å². The van der Waals surface area contributed by atoms with Crippen LogP contribution in [0, 0.1) is 13.8 Å². The van der Waals surface area contributed by atoms with Gasteiger partial charge in [0.2, 0.25) is 5.91 Å². The first-order valence-corrected chi connectivity index (χ1v) is 12.8. The van der Waals surface area contributed by atoms with Gasteiger partial charge in [-0.3, -0.25) is 19.2 Å². The molecule has 1 N–H and O–H groups in total. The molecular formula is C28H40N4O2. The average molecular weight is 465 g/mol. The Hall–Kier alpha value is -2.63. The molecule has 0 radical (unpaired) electrons. The van der Waals surface area contributed by atoms with E-state index in [0.29, 0.717) is 12.2 Å². The van der Waals surface area contributed by atoms with Gasteiger partial charge in [0.15, 0.2) is 0 Å². The Morgan fingerprint density at radius 2 is 1.68 bits per heavy atom. The number of anilines is 1. The van der Waals surface area contributed by atoms with Gasteiger partial charge in [-0.25, -0.2) is 0 Å². The fraction of sp³-hybridized carbons (Fsp3) is 0.607. The summed E-state index contributed by atoms with van der Waals surface area (Å²) < 4.78 is 1.75. The number of carbonyl (C=O) groups excluding carboxylic acids is 2. The molecule has 1 atom stereocenters. The van der Waals surface area contributed by atoms with Crippen LogP contribution in [0.4, 0.5) is 5.69 Å². The summed E-state index contributed by atoms with van der Waals surface area (Å²) in [4.78, 5) is 29.6. The molecule has 1 fully saturated rings. The van der Waals surface area contributed by atoms with Gasteiger partial charge < -0.3 is 5.32 Å². The van der Waals surface area contributed by atoms with Gasteiger partial charge in [-0.15, -0.1) is 0 Å². The minimum atomic E-state index is -1.07. The fourth-order valence-electron chi connectivity index (χ4n) is 5.16. The zero-order valence-electron chi connectivity index (χ0n) is 21.7. The SMILES string of the molecule is Cc1ccc(N2C(=O)c3cc(C(C)(C)C)nn3C[C@@]2(C)C(=O)NC2CCCCCCC2)cc1C. The topological polar surface area (TPSA) is 67.2 Å². The second kappa shape index (κ2) is 9.20. The van der Waals surface area contributed by atoms with E-state index in [1.807, 2.05) is 38.1 Å². The molecule has 6 nitrogen and oxygen atoms in total. The average Bonchev–Trinajstić information content (AvgIpc) is 3.17. The molecule has 6 heteroatoms. The maximum absolute atomic E-state index is 14.0. The van der Waals surface area contributed by atoms with Gasteiger partial charge in [-0.1, -0.05) is 58.9 Å². The van der Waals surface area contributed by atoms with Crippen LogP contribution in [0.15, 0.2) is 24.3 Å². The zero-order chi connectivity index (χ0) is 24.7. The van der Waals surface area contributed by atoms with E-state index in [4.69, 9.17) is 5.10 Å². The summed E-state index contributed by atoms with van der Waals surface area (Å²) >= 11 is 0. The molecule has 2 amide bonds. The lowest BCUT2D eigenvalue weighted by Gasteiger charge is -2.44. The highest BCUT2D eigenvalue weighted by Gasteiger charge is 2.49. The quantitative estimate of drug-likeness (QED) is 0.657. The predicted octanol–water partition coefficient (Wildman–Crippen LogP) is 5.45. The van der Waals surface area contributed by atoms with Crippen molar-refractivity contribution in [3.63, 3.8) is 0 Å². The van der Waals surface area contributed by atoms with Crippen molar-refractivity contribution in [1.82, 2.24) is 15.1 Å². The van der Waals surface area contributed by atoms with Crippen molar-refractivity contribution in [2.45, 2.75) is 110 Å². The number of nitrogens with zero attached hydrogens (tertiary/aromatic N) is 3. The van der Waals surface area contributed by atoms with E-state index in [-0.39, 0.29) is 23.3 Å². The smallest absolute Gasteiger partial charge is 0.277 e. The zero-order valence-corrected chi connectivity index (χ0v) is 21.7. The third kappa shape index (κ3) is 4.64. The Labute approximate surface area is 204 Å². The van der Waals surface area contributed by atoms with Gasteiger partial charge in [0.25, 0.3) is 5.91 Å². The number of hydrogen-bond acceptors (Lipinski definition) is 3. The number of carbonyl (C=O) groups is 2. The largest absolute Gasteiger partial charge is 0.351 e. The van der Waals surface area contributed by atoms with Crippen LogP contribution in [0.5, 0.6) is 0 Å². The molecule has 0 bridgehead atoms. The van der Waals surface area contributed by atoms with E-state index in [9.17, 15) is 9.59 Å². The molecule has 0 unspecified atom stereocenters. The molecule has 1 saturated carbocycles. The van der Waals surface area contributed by atoms with Crippen molar-refractivity contribution in [3.8, 4) is 0 Å². The van der Waals surface area contributed by atoms with Crippen molar-refractivity contribution in [1.29, 1.82) is 0 Å². The summed E-state index contributed by atoms with van der Waals surface area (Å²) in [6.07, 6.45) is 8.01. The molecule has 34 heavy (non-hydrogen) atoms. The van der Waals surface area contributed by atoms with Crippen LogP contribution in [-0.4, -0.2) is 33.2 Å². The van der Waals surface area contributed by atoms with Gasteiger partial charge in [0.05, 0.1) is 12.2 Å². The molecule has 1 aliphatic carbocycles. The van der Waals surface area contributed by atoms with Crippen molar-refractivity contribution in [2.75, 3.05) is 4.90 Å². The number of fused-ring (bicyclic) bond motifs is 1. The molecule has 1 aromatic heterocycles. The van der Waals surface area contributed by atoms with E-state index in [0.717, 1.165) is 48.2 Å². The summed E-state index contributed by atoms with van der Waals surface area (Å²) in [5, 5.41) is 8.11. The molecular weight excluding hydrogens is 424 g/mol. The summed E-state index contributed by atoms with van der Waals surface area (Å²) in [7, 11) is 0. The number of aryl methyl sites for hydroxylation is 2. The number of rotatable bonds is 3. The van der Waals surface area contributed by atoms with Crippen molar-refractivity contribution in [3.05, 3.63) is 46.8 Å². The van der Waals surface area contributed by atoms with Crippen LogP contribution in [0.3, 0.4) is 0 Å².